The van der Waals surface area contributed by atoms with Crippen molar-refractivity contribution in [1.82, 2.24) is 49.8 Å². The molecule has 4 aromatic carbocycles. The van der Waals surface area contributed by atoms with E-state index in [0.717, 1.165) is 57.5 Å². The Morgan fingerprint density at radius 1 is 0.645 bits per heavy atom. The number of aryl methyl sites for hydroxylation is 2. The molecule has 0 saturated carbocycles. The van der Waals surface area contributed by atoms with Crippen molar-refractivity contribution >= 4 is 33.4 Å². The summed E-state index contributed by atoms with van der Waals surface area (Å²) in [6.45, 7) is 7.12. The predicted molar refractivity (Wildman–Crippen MR) is 226 cm³/mol. The molecule has 2 amide bonds. The van der Waals surface area contributed by atoms with Crippen molar-refractivity contribution in [2.45, 2.75) is 66.0 Å². The number of nitrogens with zero attached hydrogens (tertiary/aromatic N) is 8. The highest BCUT2D eigenvalue weighted by molar-refractivity contribution is 5.96. The van der Waals surface area contributed by atoms with E-state index in [4.69, 9.17) is 0 Å². The van der Waals surface area contributed by atoms with Crippen molar-refractivity contribution in [3.63, 3.8) is 0 Å². The molecule has 0 spiro atoms. The van der Waals surface area contributed by atoms with E-state index in [2.05, 4.69) is 30.6 Å². The molecule has 6 heterocycles. The molecule has 2 aliphatic rings. The lowest BCUT2D eigenvalue weighted by Crippen LogP contribution is -2.27. The van der Waals surface area contributed by atoms with Crippen molar-refractivity contribution in [3.05, 3.63) is 186 Å². The molecule has 10 rings (SSSR count). The lowest BCUT2D eigenvalue weighted by molar-refractivity contribution is 0.0736. The zero-order valence-corrected chi connectivity index (χ0v) is 33.9. The van der Waals surface area contributed by atoms with Crippen LogP contribution >= 0.6 is 0 Å². The van der Waals surface area contributed by atoms with Gasteiger partial charge >= 0.3 is 0 Å². The summed E-state index contributed by atoms with van der Waals surface area (Å²) in [5, 5.41) is 24.7. The fourth-order valence-corrected chi connectivity index (χ4v) is 8.17. The quantitative estimate of drug-likeness (QED) is 0.187. The smallest absolute Gasteiger partial charge is 0.272 e. The molecule has 312 valence electrons. The maximum atomic E-state index is 14.6. The number of halogens is 2. The number of hydrogen-bond acceptors (Lipinski definition) is 8. The van der Waals surface area contributed by atoms with E-state index in [9.17, 15) is 28.0 Å². The first kappa shape index (κ1) is 39.8. The minimum atomic E-state index is -0.559. The molecule has 8 aromatic rings. The molecule has 0 saturated heterocycles. The van der Waals surface area contributed by atoms with Gasteiger partial charge < -0.3 is 9.80 Å². The molecule has 0 unspecified atom stereocenters. The topological polar surface area (TPSA) is 168 Å². The number of carbonyl (C=O) groups excluding carboxylic acids is 2. The van der Waals surface area contributed by atoms with Crippen LogP contribution in [0, 0.1) is 11.6 Å². The SMILES string of the molecule is CCn1cc2c(n1)CN(C(=O)c1cc(Cc3n[nH]c(=O)c4ccccc34)ccc1F)C2.CCn1ncc2c1CN(C(=O)c1cc(Cc3n[nH]c(=O)c4ccccc34)ccc1F)C2. The van der Waals surface area contributed by atoms with Gasteiger partial charge in [0.2, 0.25) is 0 Å². The van der Waals surface area contributed by atoms with E-state index in [0.29, 0.717) is 61.2 Å². The minimum absolute atomic E-state index is 0.0275. The molecule has 62 heavy (non-hydrogen) atoms. The number of aromatic nitrogens is 8. The average Bonchev–Trinajstić information content (AvgIpc) is 4.08. The first-order chi connectivity index (χ1) is 30.1. The summed E-state index contributed by atoms with van der Waals surface area (Å²) in [7, 11) is 0. The summed E-state index contributed by atoms with van der Waals surface area (Å²) in [4.78, 5) is 53.4. The number of carbonyl (C=O) groups is 2. The average molecular weight is 835 g/mol. The lowest BCUT2D eigenvalue weighted by Gasteiger charge is -2.17. The Hall–Kier alpha value is -7.62. The Kier molecular flexibility index (Phi) is 10.6. The summed E-state index contributed by atoms with van der Waals surface area (Å²) >= 11 is 0. The van der Waals surface area contributed by atoms with Gasteiger partial charge in [-0.15, -0.1) is 0 Å². The van der Waals surface area contributed by atoms with Crippen LogP contribution in [0.15, 0.2) is 107 Å². The molecule has 16 heteroatoms. The summed E-state index contributed by atoms with van der Waals surface area (Å²) in [6.07, 6.45) is 4.43. The highest BCUT2D eigenvalue weighted by Gasteiger charge is 2.30. The van der Waals surface area contributed by atoms with E-state index in [1.165, 1.54) is 12.1 Å². The number of fused-ring (bicyclic) bond motifs is 4. The monoisotopic (exact) mass is 834 g/mol. The van der Waals surface area contributed by atoms with E-state index < -0.39 is 11.6 Å². The van der Waals surface area contributed by atoms with Gasteiger partial charge in [0.25, 0.3) is 22.9 Å². The third-order valence-corrected chi connectivity index (χ3v) is 11.4. The molecule has 0 bridgehead atoms. The third kappa shape index (κ3) is 7.54. The molecule has 4 aromatic heterocycles. The summed E-state index contributed by atoms with van der Waals surface area (Å²) in [5.41, 5.74) is 6.20. The van der Waals surface area contributed by atoms with Gasteiger partial charge in [-0.3, -0.25) is 28.5 Å². The van der Waals surface area contributed by atoms with Gasteiger partial charge in [0.15, 0.2) is 0 Å². The number of aromatic amines is 2. The Morgan fingerprint density at radius 3 is 1.68 bits per heavy atom. The van der Waals surface area contributed by atoms with Crippen LogP contribution in [0.4, 0.5) is 8.78 Å². The second-order valence-corrected chi connectivity index (χ2v) is 15.3. The number of nitrogens with one attached hydrogen (secondary N) is 2. The van der Waals surface area contributed by atoms with E-state index in [-0.39, 0.29) is 34.1 Å². The van der Waals surface area contributed by atoms with Gasteiger partial charge in [-0.05, 0) is 61.4 Å². The van der Waals surface area contributed by atoms with Crippen LogP contribution < -0.4 is 11.1 Å². The summed E-state index contributed by atoms with van der Waals surface area (Å²) in [6, 6.07) is 23.5. The maximum absolute atomic E-state index is 14.6. The van der Waals surface area contributed by atoms with Crippen LogP contribution in [0.5, 0.6) is 0 Å². The summed E-state index contributed by atoms with van der Waals surface area (Å²) in [5.74, 6) is -1.82. The normalized spacial score (nSPS) is 13.0. The second kappa shape index (κ2) is 16.4. The molecule has 0 fully saturated rings. The number of amides is 2. The molecule has 2 aliphatic heterocycles. The highest BCUT2D eigenvalue weighted by atomic mass is 19.1. The van der Waals surface area contributed by atoms with Gasteiger partial charge in [-0.1, -0.05) is 48.5 Å². The van der Waals surface area contributed by atoms with Crippen molar-refractivity contribution < 1.29 is 18.4 Å². The van der Waals surface area contributed by atoms with Crippen molar-refractivity contribution in [1.29, 1.82) is 0 Å². The predicted octanol–water partition coefficient (Wildman–Crippen LogP) is 6.05. The Labute approximate surface area is 352 Å². The van der Waals surface area contributed by atoms with Gasteiger partial charge in [-0.2, -0.15) is 20.4 Å². The maximum Gasteiger partial charge on any atom is 0.272 e. The van der Waals surface area contributed by atoms with E-state index >= 15 is 0 Å². The van der Waals surface area contributed by atoms with Crippen LogP contribution in [0.25, 0.3) is 21.5 Å². The zero-order chi connectivity index (χ0) is 43.1. The van der Waals surface area contributed by atoms with Gasteiger partial charge in [-0.25, -0.2) is 19.0 Å². The van der Waals surface area contributed by atoms with Crippen LogP contribution in [0.3, 0.4) is 0 Å². The zero-order valence-electron chi connectivity index (χ0n) is 33.9. The molecular formula is C46H40F2N10O4. The number of benzene rings is 4. The first-order valence-electron chi connectivity index (χ1n) is 20.2. The molecule has 0 aliphatic carbocycles. The molecule has 0 radical (unpaired) electrons. The van der Waals surface area contributed by atoms with Gasteiger partial charge in [0.05, 0.1) is 64.0 Å². The van der Waals surface area contributed by atoms with E-state index in [1.807, 2.05) is 53.7 Å². The van der Waals surface area contributed by atoms with Crippen molar-refractivity contribution in [2.24, 2.45) is 0 Å². The summed E-state index contributed by atoms with van der Waals surface area (Å²) < 4.78 is 32.9. The molecule has 0 atom stereocenters. The molecule has 2 N–H and O–H groups in total. The third-order valence-electron chi connectivity index (χ3n) is 11.4. The van der Waals surface area contributed by atoms with Crippen LogP contribution in [-0.4, -0.2) is 61.6 Å². The van der Waals surface area contributed by atoms with Crippen LogP contribution in [0.2, 0.25) is 0 Å². The van der Waals surface area contributed by atoms with Crippen LogP contribution in [-0.2, 0) is 52.1 Å². The minimum Gasteiger partial charge on any atom is -0.328 e. The number of hydrogen-bond donors (Lipinski definition) is 2. The molecular weight excluding hydrogens is 795 g/mol. The standard InChI is InChI=1S/2C23H20FN5O2/c1-2-29-12-15-11-28(13-21(15)27-29)23(31)18-9-14(7-8-19(18)24)10-20-16-5-3-4-6-17(16)22(30)26-25-20;1-2-29-21-13-28(12-15(21)11-25-29)23(31)18-9-14(7-8-19(18)24)10-20-16-5-3-4-6-17(16)22(30)27-26-20/h3-9,12H,2,10-11,13H2,1H3,(H,26,30);3-9,11H,2,10,12-13H2,1H3,(H,27,30). The molecule has 14 nitrogen and oxygen atoms in total. The van der Waals surface area contributed by atoms with E-state index in [1.54, 1.807) is 64.5 Å². The van der Waals surface area contributed by atoms with Crippen molar-refractivity contribution in [2.75, 3.05) is 0 Å². The number of rotatable bonds is 8. The first-order valence-corrected chi connectivity index (χ1v) is 20.2. The van der Waals surface area contributed by atoms with Gasteiger partial charge in [0, 0.05) is 67.1 Å². The fourth-order valence-electron chi connectivity index (χ4n) is 8.17. The number of H-pyrrole nitrogens is 2. The van der Waals surface area contributed by atoms with Crippen molar-refractivity contribution in [3.8, 4) is 0 Å². The Morgan fingerprint density at radius 2 is 1.16 bits per heavy atom. The van der Waals surface area contributed by atoms with Crippen LogP contribution in [0.1, 0.15) is 79.6 Å². The largest absolute Gasteiger partial charge is 0.328 e. The Bertz CT molecular complexity index is 3150. The fraction of sp³-hybridized carbons (Fsp3) is 0.217. The highest BCUT2D eigenvalue weighted by Crippen LogP contribution is 2.28. The lowest BCUT2D eigenvalue weighted by atomic mass is 10.0. The van der Waals surface area contributed by atoms with Gasteiger partial charge in [0.1, 0.15) is 11.6 Å². The second-order valence-electron chi connectivity index (χ2n) is 15.3. The Balaban J connectivity index is 0.000000158.